The number of thiazole rings is 1. The number of nitro benzene ring substituents is 4. The Morgan fingerprint density at radius 3 is 1.58 bits per heavy atom. The van der Waals surface area contributed by atoms with Crippen molar-refractivity contribution in [3.63, 3.8) is 0 Å². The summed E-state index contributed by atoms with van der Waals surface area (Å²) in [6, 6.07) is 28.7. The standard InChI is InChI=1S/C15H8N2O4S.C10H6BrNO4.C10H7NO4.C7H7NO4.C5H5NOS.C3H5ClO/c18-17(19)10-4-3-9-6-14(21-13(9)7-10)11-8-22-15(16-11)12-2-1-5-20-12;11-5-8(13)10-3-6-1-2-7(12(14)15)4-9(6)16-10;1-6(12)9-4-7-2-3-8(11(13)14)5-10(7)15-9;1-12-7-3-2-5(8(10)11)4-6(7)9;6-5(8)4-2-1-3-7-4;1-3(5)2-4/h1-8H;1-4H,5H2;2-5H,1H3;2-4,9H,1H3;1-3H,(H2,6,8);2H2,1H3. The van der Waals surface area contributed by atoms with Crippen molar-refractivity contribution in [1.82, 2.24) is 4.98 Å². The minimum Gasteiger partial charge on any atom is -0.504 e. The average Bonchev–Trinajstić information content (AvgIpc) is 4.30. The van der Waals surface area contributed by atoms with Crippen molar-refractivity contribution in [1.29, 1.82) is 0 Å². The maximum absolute atomic E-state index is 11.3. The largest absolute Gasteiger partial charge is 0.504 e. The summed E-state index contributed by atoms with van der Waals surface area (Å²) in [7, 11) is 1.38. The van der Waals surface area contributed by atoms with Crippen LogP contribution >= 0.6 is 51.1 Å². The van der Waals surface area contributed by atoms with Crippen LogP contribution in [0.25, 0.3) is 55.1 Å². The van der Waals surface area contributed by atoms with E-state index in [0.717, 1.165) is 16.5 Å². The summed E-state index contributed by atoms with van der Waals surface area (Å²) in [5.41, 5.74) is 6.78. The Bertz CT molecular complexity index is 3760. The molecule has 0 fully saturated rings. The van der Waals surface area contributed by atoms with Crippen LogP contribution in [-0.2, 0) is 4.79 Å². The Morgan fingerprint density at radius 1 is 0.679 bits per heavy atom. The molecule has 28 heteroatoms. The zero-order valence-corrected chi connectivity index (χ0v) is 44.4. The molecule has 0 bridgehead atoms. The number of carbonyl (C=O) groups excluding carboxylic acids is 3. The number of nitro groups is 4. The third-order valence-electron chi connectivity index (χ3n) is 9.70. The molecule has 0 aliphatic rings. The molecule has 402 valence electrons. The second-order valence-electron chi connectivity index (χ2n) is 15.2. The normalized spacial score (nSPS) is 10.2. The van der Waals surface area contributed by atoms with Crippen molar-refractivity contribution in [2.45, 2.75) is 13.8 Å². The van der Waals surface area contributed by atoms with Crippen LogP contribution in [0, 0.1) is 40.5 Å². The molecule has 10 aromatic rings. The maximum Gasteiger partial charge on any atom is 0.273 e. The second-order valence-corrected chi connectivity index (χ2v) is 17.3. The minimum absolute atomic E-state index is 0.00273. The van der Waals surface area contributed by atoms with E-state index in [-0.39, 0.29) is 74.3 Å². The molecule has 78 heavy (non-hydrogen) atoms. The van der Waals surface area contributed by atoms with Gasteiger partial charge < -0.3 is 37.7 Å². The third kappa shape index (κ3) is 16.5. The first-order valence-electron chi connectivity index (χ1n) is 21.7. The van der Waals surface area contributed by atoms with Gasteiger partial charge in [0.05, 0.1) is 74.8 Å². The van der Waals surface area contributed by atoms with Crippen LogP contribution < -0.4 is 10.5 Å². The number of thiocarbonyl (C=S) groups is 1. The number of fused-ring (bicyclic) bond motifs is 3. The first kappa shape index (κ1) is 59.4. The predicted octanol–water partition coefficient (Wildman–Crippen LogP) is 13.2. The van der Waals surface area contributed by atoms with Gasteiger partial charge in [-0.25, -0.2) is 4.98 Å². The van der Waals surface area contributed by atoms with Crippen molar-refractivity contribution < 1.29 is 66.0 Å². The fourth-order valence-corrected chi connectivity index (χ4v) is 7.18. The van der Waals surface area contributed by atoms with Crippen molar-refractivity contribution in [2.75, 3.05) is 18.3 Å². The number of aromatic nitrogens is 1. The fourth-order valence-electron chi connectivity index (χ4n) is 6.01. The van der Waals surface area contributed by atoms with Crippen LogP contribution in [0.1, 0.15) is 40.7 Å². The van der Waals surface area contributed by atoms with Gasteiger partial charge in [-0.3, -0.25) is 54.8 Å². The summed E-state index contributed by atoms with van der Waals surface area (Å²) in [6.07, 6.45) is 3.13. The highest BCUT2D eigenvalue weighted by Crippen LogP contribution is 2.34. The monoisotopic (exact) mass is 1190 g/mol. The number of hydrogen-bond acceptors (Lipinski definition) is 21. The number of nitrogens with zero attached hydrogens (tertiary/aromatic N) is 5. The zero-order valence-electron chi connectivity index (χ0n) is 40.4. The lowest BCUT2D eigenvalue weighted by molar-refractivity contribution is -0.385. The van der Waals surface area contributed by atoms with E-state index in [1.54, 1.807) is 54.8 Å². The van der Waals surface area contributed by atoms with Crippen molar-refractivity contribution in [3.8, 4) is 33.7 Å². The van der Waals surface area contributed by atoms with Gasteiger partial charge in [-0.15, -0.1) is 22.9 Å². The topological polar surface area (TPSA) is 358 Å². The van der Waals surface area contributed by atoms with E-state index in [1.165, 1.54) is 87.1 Å². The first-order chi connectivity index (χ1) is 37.1. The molecular formula is C50H38BrClN6O18S2. The number of alkyl halides is 2. The highest BCUT2D eigenvalue weighted by molar-refractivity contribution is 9.09. The average molecular weight is 1190 g/mol. The predicted molar refractivity (Wildman–Crippen MR) is 293 cm³/mol. The lowest BCUT2D eigenvalue weighted by Crippen LogP contribution is -2.07. The first-order valence-corrected chi connectivity index (χ1v) is 24.6. The van der Waals surface area contributed by atoms with Gasteiger partial charge >= 0.3 is 0 Å². The zero-order chi connectivity index (χ0) is 57.2. The molecule has 6 aromatic heterocycles. The maximum atomic E-state index is 11.3. The third-order valence-corrected chi connectivity index (χ3v) is 11.6. The molecule has 4 aromatic carbocycles. The van der Waals surface area contributed by atoms with Crippen molar-refractivity contribution in [2.24, 2.45) is 5.73 Å². The number of benzene rings is 4. The summed E-state index contributed by atoms with van der Waals surface area (Å²) < 4.78 is 30.9. The van der Waals surface area contributed by atoms with Gasteiger partial charge in [0.25, 0.3) is 22.7 Å². The van der Waals surface area contributed by atoms with E-state index in [1.807, 2.05) is 17.5 Å². The van der Waals surface area contributed by atoms with E-state index in [4.69, 9.17) is 49.3 Å². The van der Waals surface area contributed by atoms with Gasteiger partial charge in [-0.05, 0) is 73.7 Å². The summed E-state index contributed by atoms with van der Waals surface area (Å²) in [5.74, 6) is 2.01. The van der Waals surface area contributed by atoms with Gasteiger partial charge in [-0.1, -0.05) is 28.1 Å². The second kappa shape index (κ2) is 27.9. The minimum atomic E-state index is -0.584. The number of aromatic hydroxyl groups is 1. The smallest absolute Gasteiger partial charge is 0.273 e. The number of carbonyl (C=O) groups is 3. The van der Waals surface area contributed by atoms with Gasteiger partial charge in [0.2, 0.25) is 5.78 Å². The van der Waals surface area contributed by atoms with Crippen molar-refractivity contribution in [3.05, 3.63) is 191 Å². The molecule has 0 spiro atoms. The Kier molecular flexibility index (Phi) is 21.3. The lowest BCUT2D eigenvalue weighted by atomic mass is 10.2. The van der Waals surface area contributed by atoms with Crippen LogP contribution in [0.2, 0.25) is 0 Å². The van der Waals surface area contributed by atoms with Gasteiger partial charge in [0.1, 0.15) is 33.2 Å². The summed E-state index contributed by atoms with van der Waals surface area (Å²) >= 11 is 14.1. The number of non-ortho nitro benzene ring substituents is 4. The molecule has 0 aliphatic carbocycles. The molecule has 0 aliphatic heterocycles. The number of phenols is 1. The SMILES string of the molecule is CC(=O)CCl.CC(=O)c1cc2ccc([N+](=O)[O-])cc2o1.COc1ccc([N+](=O)[O-])cc1O.NC(=S)c1ccco1.O=C(CBr)c1cc2ccc([N+](=O)[O-])cc2o1.O=[N+]([O-])c1ccc2cc(-c3csc(-c4ccco4)n3)oc2c1. The highest BCUT2D eigenvalue weighted by atomic mass is 79.9. The Morgan fingerprint density at radius 2 is 1.15 bits per heavy atom. The fraction of sp³-hybridized carbons (Fsp3) is 0.100. The number of ketones is 3. The van der Waals surface area contributed by atoms with Crippen LogP contribution in [0.4, 0.5) is 22.7 Å². The molecule has 0 saturated heterocycles. The lowest BCUT2D eigenvalue weighted by Gasteiger charge is -2.00. The number of methoxy groups -OCH3 is 1. The molecule has 0 radical (unpaired) electrons. The number of nitrogens with two attached hydrogens (primary N) is 1. The summed E-state index contributed by atoms with van der Waals surface area (Å²) in [6.45, 7) is 2.83. The molecule has 24 nitrogen and oxygen atoms in total. The number of halogens is 2. The van der Waals surface area contributed by atoms with E-state index in [9.17, 15) is 54.8 Å². The molecule has 3 N–H and O–H groups in total. The van der Waals surface area contributed by atoms with Crippen molar-refractivity contribution >= 4 is 129 Å². The Balaban J connectivity index is 0.000000181. The number of Topliss-reactive ketones (excluding diaryl/α,β-unsaturated/α-hetero) is 3. The molecule has 0 unspecified atom stereocenters. The van der Waals surface area contributed by atoms with Crippen LogP contribution in [0.3, 0.4) is 0 Å². The highest BCUT2D eigenvalue weighted by Gasteiger charge is 2.17. The summed E-state index contributed by atoms with van der Waals surface area (Å²) in [4.78, 5) is 76.8. The molecule has 0 atom stereocenters. The Labute approximate surface area is 460 Å². The number of phenolic OH excluding ortho intramolecular Hbond substituents is 1. The van der Waals surface area contributed by atoms with E-state index < -0.39 is 19.7 Å². The van der Waals surface area contributed by atoms with Crippen LogP contribution in [-0.4, -0.2) is 70.4 Å². The molecule has 0 amide bonds. The number of hydrogen-bond donors (Lipinski definition) is 2. The van der Waals surface area contributed by atoms with Crippen LogP contribution in [0.15, 0.2) is 155 Å². The van der Waals surface area contributed by atoms with Gasteiger partial charge in [-0.2, -0.15) is 0 Å². The quantitative estimate of drug-likeness (QED) is 0.0377. The van der Waals surface area contributed by atoms with Gasteiger partial charge in [0, 0.05) is 52.7 Å². The number of ether oxygens (including phenoxy) is 1. The van der Waals surface area contributed by atoms with Crippen LogP contribution in [0.5, 0.6) is 11.5 Å². The van der Waals surface area contributed by atoms with E-state index in [0.29, 0.717) is 55.5 Å². The number of furan rings is 5. The Hall–Kier alpha value is -9.44. The molecule has 10 rings (SSSR count). The molecular weight excluding hydrogens is 1150 g/mol. The van der Waals surface area contributed by atoms with Gasteiger partial charge in [0.15, 0.2) is 51.1 Å². The van der Waals surface area contributed by atoms with E-state index in [2.05, 4.69) is 33.1 Å². The van der Waals surface area contributed by atoms with E-state index >= 15 is 0 Å². The number of rotatable bonds is 12. The molecule has 6 heterocycles. The molecule has 0 saturated carbocycles. The summed E-state index contributed by atoms with van der Waals surface area (Å²) in [5, 5.41) is 56.1.